The Balaban J connectivity index is 1.40. The second-order valence-corrected chi connectivity index (χ2v) is 9.38. The first-order chi connectivity index (χ1) is 14.1. The van der Waals surface area contributed by atoms with E-state index in [1.54, 1.807) is 35.2 Å². The molecule has 0 atom stereocenters. The summed E-state index contributed by atoms with van der Waals surface area (Å²) >= 11 is 3.34. The molecular formula is C23H24N2O2S2. The number of rotatable bonds is 5. The molecule has 1 aliphatic heterocycles. The van der Waals surface area contributed by atoms with Gasteiger partial charge in [-0.05, 0) is 55.5 Å². The summed E-state index contributed by atoms with van der Waals surface area (Å²) in [6.45, 7) is 3.53. The second kappa shape index (κ2) is 9.01. The average Bonchev–Trinajstić information content (AvgIpc) is 3.18. The Morgan fingerprint density at radius 3 is 2.59 bits per heavy atom. The predicted octanol–water partition coefficient (Wildman–Crippen LogP) is 5.47. The summed E-state index contributed by atoms with van der Waals surface area (Å²) in [6, 6.07) is 15.3. The molecule has 0 spiro atoms. The standard InChI is InChI=1S/C23H24N2O2S2/c1-16-24-19(14-28-16)15-29-22-5-3-2-4-21(22)23(27)25-12-10-18(11-13-25)17-6-8-20(26)9-7-17/h2-9,14,18,26H,10-13,15H2,1H3. The first kappa shape index (κ1) is 20.0. The Hall–Kier alpha value is -2.31. The first-order valence-electron chi connectivity index (χ1n) is 9.81. The number of aryl methyl sites for hydroxylation is 1. The van der Waals surface area contributed by atoms with Crippen LogP contribution < -0.4 is 0 Å². The van der Waals surface area contributed by atoms with Gasteiger partial charge >= 0.3 is 0 Å². The minimum absolute atomic E-state index is 0.117. The molecule has 1 amide bonds. The van der Waals surface area contributed by atoms with Crippen LogP contribution in [0.2, 0.25) is 0 Å². The van der Waals surface area contributed by atoms with E-state index in [2.05, 4.69) is 10.4 Å². The van der Waals surface area contributed by atoms with E-state index in [4.69, 9.17) is 0 Å². The third-order valence-electron chi connectivity index (χ3n) is 5.31. The number of thiazole rings is 1. The number of aromatic hydroxyl groups is 1. The highest BCUT2D eigenvalue weighted by Gasteiger charge is 2.25. The van der Waals surface area contributed by atoms with Crippen LogP contribution in [0, 0.1) is 6.92 Å². The number of hydrogen-bond donors (Lipinski definition) is 1. The van der Waals surface area contributed by atoms with Gasteiger partial charge in [-0.1, -0.05) is 24.3 Å². The number of aromatic nitrogens is 1. The maximum Gasteiger partial charge on any atom is 0.254 e. The van der Waals surface area contributed by atoms with Crippen LogP contribution in [0.15, 0.2) is 58.8 Å². The number of carbonyl (C=O) groups is 1. The van der Waals surface area contributed by atoms with Crippen LogP contribution >= 0.6 is 23.1 Å². The van der Waals surface area contributed by atoms with E-state index in [9.17, 15) is 9.90 Å². The normalized spacial score (nSPS) is 14.9. The Labute approximate surface area is 179 Å². The van der Waals surface area contributed by atoms with Crippen molar-refractivity contribution in [2.45, 2.75) is 36.3 Å². The minimum Gasteiger partial charge on any atom is -0.508 e. The molecule has 2 heterocycles. The molecule has 0 unspecified atom stereocenters. The molecule has 6 heteroatoms. The number of hydrogen-bond acceptors (Lipinski definition) is 5. The van der Waals surface area contributed by atoms with Crippen LogP contribution in [0.3, 0.4) is 0 Å². The Morgan fingerprint density at radius 2 is 1.90 bits per heavy atom. The number of benzene rings is 2. The quantitative estimate of drug-likeness (QED) is 0.552. The molecule has 0 radical (unpaired) electrons. The fraction of sp³-hybridized carbons (Fsp3) is 0.304. The predicted molar refractivity (Wildman–Crippen MR) is 119 cm³/mol. The highest BCUT2D eigenvalue weighted by molar-refractivity contribution is 7.98. The zero-order valence-corrected chi connectivity index (χ0v) is 18.0. The Bertz CT molecular complexity index is 977. The molecule has 150 valence electrons. The maximum absolute atomic E-state index is 13.2. The average molecular weight is 425 g/mol. The molecule has 0 aliphatic carbocycles. The highest BCUT2D eigenvalue weighted by atomic mass is 32.2. The number of amides is 1. The summed E-state index contributed by atoms with van der Waals surface area (Å²) in [5.41, 5.74) is 3.09. The van der Waals surface area contributed by atoms with Crippen molar-refractivity contribution < 1.29 is 9.90 Å². The molecule has 0 saturated carbocycles. The van der Waals surface area contributed by atoms with Crippen molar-refractivity contribution in [1.82, 2.24) is 9.88 Å². The summed E-state index contributed by atoms with van der Waals surface area (Å²) < 4.78 is 0. The third-order valence-corrected chi connectivity index (χ3v) is 7.24. The van der Waals surface area contributed by atoms with Crippen molar-refractivity contribution in [3.05, 3.63) is 75.7 Å². The van der Waals surface area contributed by atoms with Gasteiger partial charge in [0.25, 0.3) is 5.91 Å². The Kier molecular flexibility index (Phi) is 6.21. The molecule has 3 aromatic rings. The van der Waals surface area contributed by atoms with Crippen molar-refractivity contribution in [3.63, 3.8) is 0 Å². The van der Waals surface area contributed by atoms with Gasteiger partial charge < -0.3 is 10.0 Å². The lowest BCUT2D eigenvalue weighted by atomic mass is 9.89. The molecule has 29 heavy (non-hydrogen) atoms. The van der Waals surface area contributed by atoms with Crippen LogP contribution in [0.25, 0.3) is 0 Å². The highest BCUT2D eigenvalue weighted by Crippen LogP contribution is 2.32. The topological polar surface area (TPSA) is 53.4 Å². The summed E-state index contributed by atoms with van der Waals surface area (Å²) in [7, 11) is 0. The van der Waals surface area contributed by atoms with Gasteiger partial charge in [-0.15, -0.1) is 23.1 Å². The van der Waals surface area contributed by atoms with Gasteiger partial charge in [0.05, 0.1) is 16.3 Å². The van der Waals surface area contributed by atoms with Crippen molar-refractivity contribution in [1.29, 1.82) is 0 Å². The third kappa shape index (κ3) is 4.82. The SMILES string of the molecule is Cc1nc(CSc2ccccc2C(=O)N2CCC(c3ccc(O)cc3)CC2)cs1. The van der Waals surface area contributed by atoms with E-state index < -0.39 is 0 Å². The lowest BCUT2D eigenvalue weighted by molar-refractivity contribution is 0.0709. The maximum atomic E-state index is 13.2. The zero-order chi connectivity index (χ0) is 20.2. The van der Waals surface area contributed by atoms with E-state index in [1.165, 1.54) is 5.56 Å². The van der Waals surface area contributed by atoms with Crippen LogP contribution in [-0.4, -0.2) is 34.0 Å². The van der Waals surface area contributed by atoms with Gasteiger partial charge in [0.1, 0.15) is 5.75 Å². The Morgan fingerprint density at radius 1 is 1.17 bits per heavy atom. The molecule has 4 rings (SSSR count). The van der Waals surface area contributed by atoms with Crippen LogP contribution in [-0.2, 0) is 5.75 Å². The summed E-state index contributed by atoms with van der Waals surface area (Å²) in [4.78, 5) is 20.7. The summed E-state index contributed by atoms with van der Waals surface area (Å²) in [5.74, 6) is 1.63. The smallest absolute Gasteiger partial charge is 0.254 e. The molecule has 1 saturated heterocycles. The fourth-order valence-corrected chi connectivity index (χ4v) is 5.38. The van der Waals surface area contributed by atoms with Crippen LogP contribution in [0.1, 0.15) is 45.4 Å². The van der Waals surface area contributed by atoms with Gasteiger partial charge in [-0.2, -0.15) is 0 Å². The monoisotopic (exact) mass is 424 g/mol. The number of nitrogens with zero attached hydrogens (tertiary/aromatic N) is 2. The van der Waals surface area contributed by atoms with E-state index in [-0.39, 0.29) is 5.91 Å². The molecule has 1 fully saturated rings. The first-order valence-corrected chi connectivity index (χ1v) is 11.7. The summed E-state index contributed by atoms with van der Waals surface area (Å²) in [5, 5.41) is 12.6. The number of carbonyl (C=O) groups excluding carboxylic acids is 1. The number of phenols is 1. The molecule has 0 bridgehead atoms. The van der Waals surface area contributed by atoms with E-state index in [1.807, 2.05) is 48.2 Å². The van der Waals surface area contributed by atoms with Gasteiger partial charge in [0.15, 0.2) is 0 Å². The van der Waals surface area contributed by atoms with Crippen molar-refractivity contribution in [3.8, 4) is 5.75 Å². The summed E-state index contributed by atoms with van der Waals surface area (Å²) in [6.07, 6.45) is 1.90. The van der Waals surface area contributed by atoms with E-state index in [0.29, 0.717) is 11.7 Å². The van der Waals surface area contributed by atoms with Crippen LogP contribution in [0.5, 0.6) is 5.75 Å². The van der Waals surface area contributed by atoms with E-state index in [0.717, 1.165) is 52.8 Å². The van der Waals surface area contributed by atoms with Gasteiger partial charge in [-0.3, -0.25) is 4.79 Å². The fourth-order valence-electron chi connectivity index (χ4n) is 3.73. The number of likely N-dealkylation sites (tertiary alicyclic amines) is 1. The van der Waals surface area contributed by atoms with Crippen LogP contribution in [0.4, 0.5) is 0 Å². The zero-order valence-electron chi connectivity index (χ0n) is 16.4. The number of phenolic OH excluding ortho intramolecular Hbond substituents is 1. The van der Waals surface area contributed by atoms with Crippen molar-refractivity contribution in [2.24, 2.45) is 0 Å². The van der Waals surface area contributed by atoms with Crippen molar-refractivity contribution >= 4 is 29.0 Å². The molecule has 1 aromatic heterocycles. The van der Waals surface area contributed by atoms with Gasteiger partial charge in [-0.25, -0.2) is 4.98 Å². The van der Waals surface area contributed by atoms with Gasteiger partial charge in [0.2, 0.25) is 0 Å². The molecule has 2 aromatic carbocycles. The largest absolute Gasteiger partial charge is 0.508 e. The second-order valence-electron chi connectivity index (χ2n) is 7.30. The lowest BCUT2D eigenvalue weighted by Gasteiger charge is -2.32. The molecule has 4 nitrogen and oxygen atoms in total. The van der Waals surface area contributed by atoms with Crippen molar-refractivity contribution in [2.75, 3.05) is 13.1 Å². The van der Waals surface area contributed by atoms with E-state index >= 15 is 0 Å². The molecule has 1 aliphatic rings. The minimum atomic E-state index is 0.117. The lowest BCUT2D eigenvalue weighted by Crippen LogP contribution is -2.38. The molecular weight excluding hydrogens is 400 g/mol. The number of thioether (sulfide) groups is 1. The number of piperidine rings is 1. The molecule has 1 N–H and O–H groups in total. The van der Waals surface area contributed by atoms with Gasteiger partial charge in [0, 0.05) is 29.1 Å².